The Morgan fingerprint density at radius 1 is 1.29 bits per heavy atom. The van der Waals surface area contributed by atoms with E-state index < -0.39 is 0 Å². The average molecular weight is 288 g/mol. The quantitative estimate of drug-likeness (QED) is 0.778. The lowest BCUT2D eigenvalue weighted by Crippen LogP contribution is -2.21. The molecule has 1 amide bonds. The van der Waals surface area contributed by atoms with Gasteiger partial charge >= 0.3 is 0 Å². The molecule has 0 saturated heterocycles. The fourth-order valence-electron chi connectivity index (χ4n) is 3.34. The van der Waals surface area contributed by atoms with Crippen LogP contribution in [-0.2, 0) is 11.3 Å². The number of carbonyl (C=O) groups is 1. The first kappa shape index (κ1) is 16.0. The molecule has 2 unspecified atom stereocenters. The molecule has 1 fully saturated rings. The molecule has 21 heavy (non-hydrogen) atoms. The Bertz CT molecular complexity index is 458. The molecule has 1 saturated carbocycles. The zero-order valence-corrected chi connectivity index (χ0v) is 13.3. The minimum atomic E-state index is -0.0151. The van der Waals surface area contributed by atoms with Gasteiger partial charge in [0.25, 0.3) is 0 Å². The fraction of sp³-hybridized carbons (Fsp3) is 0.611. The van der Waals surface area contributed by atoms with Gasteiger partial charge in [-0.05, 0) is 42.9 Å². The molecular formula is C18H28N2O. The highest BCUT2D eigenvalue weighted by atomic mass is 16.1. The number of benzene rings is 1. The van der Waals surface area contributed by atoms with E-state index in [2.05, 4.69) is 23.6 Å². The molecule has 0 spiro atoms. The maximum Gasteiger partial charge on any atom is 0.221 e. The number of amides is 1. The fourth-order valence-corrected chi connectivity index (χ4v) is 3.34. The number of carbonyl (C=O) groups excluding carboxylic acids is 1. The maximum atomic E-state index is 11.2. The third kappa shape index (κ3) is 5.50. The number of hydrogen-bond donors (Lipinski definition) is 2. The minimum Gasteiger partial charge on any atom is -0.326 e. The second kappa shape index (κ2) is 8.18. The summed E-state index contributed by atoms with van der Waals surface area (Å²) in [6, 6.07) is 8.01. The van der Waals surface area contributed by atoms with Crippen LogP contribution in [0.25, 0.3) is 0 Å². The maximum absolute atomic E-state index is 11.2. The Morgan fingerprint density at radius 2 is 2.10 bits per heavy atom. The van der Waals surface area contributed by atoms with Crippen molar-refractivity contribution in [3.63, 3.8) is 0 Å². The van der Waals surface area contributed by atoms with Gasteiger partial charge in [0, 0.05) is 19.2 Å². The molecule has 2 atom stereocenters. The summed E-state index contributed by atoms with van der Waals surface area (Å²) in [6.07, 6.45) is 6.87. The van der Waals surface area contributed by atoms with E-state index in [1.54, 1.807) is 6.92 Å². The van der Waals surface area contributed by atoms with E-state index in [9.17, 15) is 4.79 Å². The van der Waals surface area contributed by atoms with Crippen molar-refractivity contribution in [1.82, 2.24) is 5.32 Å². The molecule has 1 aromatic carbocycles. The molecule has 2 N–H and O–H groups in total. The number of para-hydroxylation sites is 1. The second-order valence-corrected chi connectivity index (χ2v) is 6.44. The first-order valence-corrected chi connectivity index (χ1v) is 8.21. The number of hydrogen-bond acceptors (Lipinski definition) is 2. The van der Waals surface area contributed by atoms with Crippen LogP contribution in [0.5, 0.6) is 0 Å². The lowest BCUT2D eigenvalue weighted by Gasteiger charge is -2.26. The second-order valence-electron chi connectivity index (χ2n) is 6.44. The average Bonchev–Trinajstić information content (AvgIpc) is 2.45. The van der Waals surface area contributed by atoms with Gasteiger partial charge in [-0.3, -0.25) is 4.79 Å². The van der Waals surface area contributed by atoms with Gasteiger partial charge in [-0.1, -0.05) is 44.4 Å². The molecule has 3 nitrogen and oxygen atoms in total. The van der Waals surface area contributed by atoms with Crippen molar-refractivity contribution < 1.29 is 4.79 Å². The van der Waals surface area contributed by atoms with Crippen LogP contribution < -0.4 is 10.6 Å². The number of nitrogens with one attached hydrogen (secondary N) is 2. The van der Waals surface area contributed by atoms with E-state index in [0.717, 1.165) is 36.2 Å². The third-order valence-corrected chi connectivity index (χ3v) is 4.42. The van der Waals surface area contributed by atoms with Crippen LogP contribution in [0.4, 0.5) is 5.69 Å². The zero-order chi connectivity index (χ0) is 15.1. The lowest BCUT2D eigenvalue weighted by atomic mass is 9.81. The molecule has 1 aliphatic carbocycles. The molecule has 3 heteroatoms. The summed E-state index contributed by atoms with van der Waals surface area (Å²) in [7, 11) is 0. The first-order valence-electron chi connectivity index (χ1n) is 8.21. The minimum absolute atomic E-state index is 0.0151. The summed E-state index contributed by atoms with van der Waals surface area (Å²) >= 11 is 0. The Morgan fingerprint density at radius 3 is 2.86 bits per heavy atom. The van der Waals surface area contributed by atoms with E-state index in [-0.39, 0.29) is 5.91 Å². The molecule has 0 heterocycles. The van der Waals surface area contributed by atoms with Gasteiger partial charge in [0.05, 0.1) is 0 Å². The van der Waals surface area contributed by atoms with Crippen LogP contribution in [0.2, 0.25) is 0 Å². The van der Waals surface area contributed by atoms with Crippen molar-refractivity contribution in [1.29, 1.82) is 0 Å². The Kier molecular flexibility index (Phi) is 6.24. The smallest absolute Gasteiger partial charge is 0.221 e. The van der Waals surface area contributed by atoms with Gasteiger partial charge < -0.3 is 10.6 Å². The van der Waals surface area contributed by atoms with E-state index in [1.807, 2.05) is 18.2 Å². The van der Waals surface area contributed by atoms with Crippen molar-refractivity contribution in [3.8, 4) is 0 Å². The van der Waals surface area contributed by atoms with E-state index in [4.69, 9.17) is 0 Å². The van der Waals surface area contributed by atoms with Crippen molar-refractivity contribution in [2.24, 2.45) is 11.8 Å². The summed E-state index contributed by atoms with van der Waals surface area (Å²) in [6.45, 7) is 5.81. The highest BCUT2D eigenvalue weighted by molar-refractivity contribution is 5.89. The van der Waals surface area contributed by atoms with Gasteiger partial charge in [0.15, 0.2) is 0 Å². The summed E-state index contributed by atoms with van der Waals surface area (Å²) in [4.78, 5) is 11.2. The molecule has 1 aromatic rings. The molecule has 0 aliphatic heterocycles. The molecular weight excluding hydrogens is 260 g/mol. The van der Waals surface area contributed by atoms with E-state index >= 15 is 0 Å². The summed E-state index contributed by atoms with van der Waals surface area (Å²) in [5.41, 5.74) is 2.08. The summed E-state index contributed by atoms with van der Waals surface area (Å²) < 4.78 is 0. The standard InChI is InChI=1S/C18H28N2O/c1-14-6-5-7-16(12-14)10-11-19-13-17-8-3-4-9-18(17)20-15(2)21/h3-4,8-9,14,16,19H,5-7,10-13H2,1-2H3,(H,20,21). The van der Waals surface area contributed by atoms with Crippen molar-refractivity contribution in [2.75, 3.05) is 11.9 Å². The molecule has 2 rings (SSSR count). The van der Waals surface area contributed by atoms with Gasteiger partial charge in [-0.25, -0.2) is 0 Å². The largest absolute Gasteiger partial charge is 0.326 e. The number of rotatable bonds is 6. The van der Waals surface area contributed by atoms with Gasteiger partial charge in [-0.2, -0.15) is 0 Å². The van der Waals surface area contributed by atoms with E-state index in [1.165, 1.54) is 32.1 Å². The van der Waals surface area contributed by atoms with Crippen LogP contribution >= 0.6 is 0 Å². The summed E-state index contributed by atoms with van der Waals surface area (Å²) in [5.74, 6) is 1.79. The highest BCUT2D eigenvalue weighted by Gasteiger charge is 2.18. The van der Waals surface area contributed by atoms with Crippen LogP contribution in [0.1, 0.15) is 51.5 Å². The Hall–Kier alpha value is -1.35. The van der Waals surface area contributed by atoms with Gasteiger partial charge in [0.1, 0.15) is 0 Å². The first-order chi connectivity index (χ1) is 10.1. The topological polar surface area (TPSA) is 41.1 Å². The molecule has 1 aliphatic rings. The van der Waals surface area contributed by atoms with E-state index in [0.29, 0.717) is 0 Å². The van der Waals surface area contributed by atoms with Crippen LogP contribution in [-0.4, -0.2) is 12.5 Å². The lowest BCUT2D eigenvalue weighted by molar-refractivity contribution is -0.114. The van der Waals surface area contributed by atoms with Crippen molar-refractivity contribution in [3.05, 3.63) is 29.8 Å². The third-order valence-electron chi connectivity index (χ3n) is 4.42. The van der Waals surface area contributed by atoms with Crippen molar-refractivity contribution >= 4 is 11.6 Å². The molecule has 0 bridgehead atoms. The van der Waals surface area contributed by atoms with Gasteiger partial charge in [0.2, 0.25) is 5.91 Å². The van der Waals surface area contributed by atoms with Crippen LogP contribution in [0.15, 0.2) is 24.3 Å². The van der Waals surface area contributed by atoms with Crippen LogP contribution in [0.3, 0.4) is 0 Å². The van der Waals surface area contributed by atoms with Gasteiger partial charge in [-0.15, -0.1) is 0 Å². The predicted molar refractivity (Wildman–Crippen MR) is 88.2 cm³/mol. The SMILES string of the molecule is CC(=O)Nc1ccccc1CNCCC1CCCC(C)C1. The zero-order valence-electron chi connectivity index (χ0n) is 13.3. The van der Waals surface area contributed by atoms with Crippen LogP contribution in [0, 0.1) is 11.8 Å². The summed E-state index contributed by atoms with van der Waals surface area (Å²) in [5, 5.41) is 6.42. The normalized spacial score (nSPS) is 22.0. The molecule has 116 valence electrons. The van der Waals surface area contributed by atoms with Crippen molar-refractivity contribution in [2.45, 2.75) is 52.5 Å². The predicted octanol–water partition coefficient (Wildman–Crippen LogP) is 3.95. The number of anilines is 1. The molecule has 0 aromatic heterocycles. The Labute approximate surface area is 128 Å². The monoisotopic (exact) mass is 288 g/mol. The molecule has 0 radical (unpaired) electrons. The Balaban J connectivity index is 1.74. The highest BCUT2D eigenvalue weighted by Crippen LogP contribution is 2.30.